The lowest BCUT2D eigenvalue weighted by atomic mass is 10.1. The second-order valence-corrected chi connectivity index (χ2v) is 4.19. The van der Waals surface area contributed by atoms with Crippen LogP contribution in [0.4, 0.5) is 0 Å². The lowest BCUT2D eigenvalue weighted by Gasteiger charge is -2.15. The minimum absolute atomic E-state index is 0.230. The third-order valence-electron chi connectivity index (χ3n) is 3.08. The van der Waals surface area contributed by atoms with E-state index in [4.69, 9.17) is 23.7 Å². The Hall–Kier alpha value is -2.70. The van der Waals surface area contributed by atoms with Gasteiger partial charge in [-0.25, -0.2) is 4.98 Å². The van der Waals surface area contributed by atoms with Crippen molar-refractivity contribution in [1.29, 1.82) is 0 Å². The first-order chi connectivity index (χ1) is 10.7. The van der Waals surface area contributed by atoms with Gasteiger partial charge in [-0.3, -0.25) is 0 Å². The quantitative estimate of drug-likeness (QED) is 0.810. The molecule has 2 aromatic rings. The molecule has 2 rings (SSSR count). The molecule has 0 atom stereocenters. The summed E-state index contributed by atoms with van der Waals surface area (Å²) in [6.45, 7) is 0. The van der Waals surface area contributed by atoms with Gasteiger partial charge in [0.25, 0.3) is 0 Å². The SMILES string of the molecule is COc1ncc(-c2cc(OC)c(OC)c(OC)c2)c(OC)n1. The zero-order chi connectivity index (χ0) is 16.1. The molecular weight excluding hydrogens is 288 g/mol. The van der Waals surface area contributed by atoms with Crippen LogP contribution in [0.25, 0.3) is 11.1 Å². The zero-order valence-corrected chi connectivity index (χ0v) is 13.2. The van der Waals surface area contributed by atoms with E-state index in [2.05, 4.69) is 9.97 Å². The molecule has 0 spiro atoms. The van der Waals surface area contributed by atoms with Crippen LogP contribution in [0.15, 0.2) is 18.3 Å². The van der Waals surface area contributed by atoms with E-state index in [1.165, 1.54) is 14.2 Å². The average Bonchev–Trinajstić information content (AvgIpc) is 2.59. The van der Waals surface area contributed by atoms with E-state index < -0.39 is 0 Å². The van der Waals surface area contributed by atoms with Crippen LogP contribution in [0.3, 0.4) is 0 Å². The predicted octanol–water partition coefficient (Wildman–Crippen LogP) is 2.19. The van der Waals surface area contributed by atoms with Gasteiger partial charge in [0.15, 0.2) is 11.5 Å². The normalized spacial score (nSPS) is 10.0. The van der Waals surface area contributed by atoms with Crippen molar-refractivity contribution in [3.05, 3.63) is 18.3 Å². The van der Waals surface area contributed by atoms with Crippen LogP contribution < -0.4 is 23.7 Å². The van der Waals surface area contributed by atoms with Crippen molar-refractivity contribution < 1.29 is 23.7 Å². The molecule has 0 fully saturated rings. The Morgan fingerprint density at radius 2 is 1.41 bits per heavy atom. The van der Waals surface area contributed by atoms with Gasteiger partial charge in [-0.1, -0.05) is 0 Å². The molecule has 0 aliphatic heterocycles. The monoisotopic (exact) mass is 306 g/mol. The molecule has 0 bridgehead atoms. The Morgan fingerprint density at radius 3 is 1.86 bits per heavy atom. The van der Waals surface area contributed by atoms with E-state index in [-0.39, 0.29) is 6.01 Å². The Labute approximate surface area is 128 Å². The lowest BCUT2D eigenvalue weighted by Crippen LogP contribution is -1.99. The fourth-order valence-corrected chi connectivity index (χ4v) is 2.04. The van der Waals surface area contributed by atoms with Gasteiger partial charge in [-0.2, -0.15) is 4.98 Å². The number of ether oxygens (including phenoxy) is 5. The Kier molecular flexibility index (Phi) is 4.88. The number of nitrogens with zero attached hydrogens (tertiary/aromatic N) is 2. The Morgan fingerprint density at radius 1 is 0.773 bits per heavy atom. The second kappa shape index (κ2) is 6.84. The topological polar surface area (TPSA) is 71.9 Å². The van der Waals surface area contributed by atoms with Crippen LogP contribution in [0.1, 0.15) is 0 Å². The van der Waals surface area contributed by atoms with Crippen LogP contribution in [-0.2, 0) is 0 Å². The molecule has 0 aliphatic rings. The molecule has 1 aromatic carbocycles. The van der Waals surface area contributed by atoms with Crippen molar-refractivity contribution in [1.82, 2.24) is 9.97 Å². The molecular formula is C15H18N2O5. The molecule has 0 saturated carbocycles. The summed E-state index contributed by atoms with van der Waals surface area (Å²) in [5.74, 6) is 1.98. The van der Waals surface area contributed by atoms with Gasteiger partial charge in [0.2, 0.25) is 11.6 Å². The van der Waals surface area contributed by atoms with Crippen LogP contribution >= 0.6 is 0 Å². The number of hydrogen-bond acceptors (Lipinski definition) is 7. The number of rotatable bonds is 6. The summed E-state index contributed by atoms with van der Waals surface area (Å²) in [5, 5.41) is 0. The predicted molar refractivity (Wildman–Crippen MR) is 80.2 cm³/mol. The second-order valence-electron chi connectivity index (χ2n) is 4.19. The Balaban J connectivity index is 2.62. The van der Waals surface area contributed by atoms with Crippen LogP contribution in [0.2, 0.25) is 0 Å². The van der Waals surface area contributed by atoms with E-state index in [0.29, 0.717) is 28.7 Å². The molecule has 7 heteroatoms. The maximum absolute atomic E-state index is 5.35. The van der Waals surface area contributed by atoms with Gasteiger partial charge in [0, 0.05) is 6.20 Å². The first-order valence-electron chi connectivity index (χ1n) is 6.43. The number of hydrogen-bond donors (Lipinski definition) is 0. The summed E-state index contributed by atoms with van der Waals surface area (Å²) < 4.78 is 26.3. The van der Waals surface area contributed by atoms with Gasteiger partial charge >= 0.3 is 6.01 Å². The average molecular weight is 306 g/mol. The van der Waals surface area contributed by atoms with E-state index in [0.717, 1.165) is 5.56 Å². The van der Waals surface area contributed by atoms with Gasteiger partial charge in [-0.15, -0.1) is 0 Å². The number of benzene rings is 1. The third-order valence-corrected chi connectivity index (χ3v) is 3.08. The molecule has 0 radical (unpaired) electrons. The van der Waals surface area contributed by atoms with E-state index in [9.17, 15) is 0 Å². The van der Waals surface area contributed by atoms with Crippen LogP contribution in [-0.4, -0.2) is 45.5 Å². The molecule has 1 aromatic heterocycles. The minimum Gasteiger partial charge on any atom is -0.493 e. The van der Waals surface area contributed by atoms with Crippen LogP contribution in [0, 0.1) is 0 Å². The maximum atomic E-state index is 5.35. The highest BCUT2D eigenvalue weighted by molar-refractivity contribution is 5.73. The highest BCUT2D eigenvalue weighted by atomic mass is 16.5. The van der Waals surface area contributed by atoms with E-state index in [1.54, 1.807) is 39.7 Å². The summed E-state index contributed by atoms with van der Waals surface area (Å²) in [6.07, 6.45) is 1.62. The molecule has 0 unspecified atom stereocenters. The maximum Gasteiger partial charge on any atom is 0.319 e. The van der Waals surface area contributed by atoms with Crippen molar-refractivity contribution in [2.45, 2.75) is 0 Å². The van der Waals surface area contributed by atoms with Gasteiger partial charge in [-0.05, 0) is 17.7 Å². The Bertz CT molecular complexity index is 635. The highest BCUT2D eigenvalue weighted by Crippen LogP contribution is 2.42. The van der Waals surface area contributed by atoms with Crippen molar-refractivity contribution >= 4 is 0 Å². The summed E-state index contributed by atoms with van der Waals surface area (Å²) >= 11 is 0. The third kappa shape index (κ3) is 2.83. The molecule has 22 heavy (non-hydrogen) atoms. The summed E-state index contributed by atoms with van der Waals surface area (Å²) in [5.41, 5.74) is 1.46. The summed E-state index contributed by atoms with van der Waals surface area (Å²) in [6, 6.07) is 3.83. The van der Waals surface area contributed by atoms with Gasteiger partial charge < -0.3 is 23.7 Å². The van der Waals surface area contributed by atoms with E-state index >= 15 is 0 Å². The highest BCUT2D eigenvalue weighted by Gasteiger charge is 2.17. The molecule has 0 saturated heterocycles. The fourth-order valence-electron chi connectivity index (χ4n) is 2.04. The van der Waals surface area contributed by atoms with Crippen LogP contribution in [0.5, 0.6) is 29.1 Å². The fraction of sp³-hybridized carbons (Fsp3) is 0.333. The molecule has 0 N–H and O–H groups in total. The largest absolute Gasteiger partial charge is 0.493 e. The van der Waals surface area contributed by atoms with Crippen molar-refractivity contribution in [2.24, 2.45) is 0 Å². The summed E-state index contributed by atoms with van der Waals surface area (Å²) in [4.78, 5) is 8.28. The minimum atomic E-state index is 0.230. The lowest BCUT2D eigenvalue weighted by molar-refractivity contribution is 0.324. The molecule has 0 amide bonds. The van der Waals surface area contributed by atoms with Crippen molar-refractivity contribution in [3.8, 4) is 40.3 Å². The summed E-state index contributed by atoms with van der Waals surface area (Å²) in [7, 11) is 7.69. The molecule has 118 valence electrons. The van der Waals surface area contributed by atoms with Gasteiger partial charge in [0.05, 0.1) is 41.1 Å². The molecule has 7 nitrogen and oxygen atoms in total. The van der Waals surface area contributed by atoms with Crippen molar-refractivity contribution in [2.75, 3.05) is 35.5 Å². The van der Waals surface area contributed by atoms with Gasteiger partial charge in [0.1, 0.15) is 0 Å². The first kappa shape index (κ1) is 15.7. The molecule has 0 aliphatic carbocycles. The standard InChI is InChI=1S/C15H18N2O5/c1-18-11-6-9(7-12(19-2)13(11)20-3)10-8-16-15(22-5)17-14(10)21-4/h6-8H,1-5H3. The molecule has 1 heterocycles. The van der Waals surface area contributed by atoms with Crippen molar-refractivity contribution in [3.63, 3.8) is 0 Å². The zero-order valence-electron chi connectivity index (χ0n) is 13.2. The van der Waals surface area contributed by atoms with E-state index in [1.807, 2.05) is 0 Å². The number of methoxy groups -OCH3 is 5. The smallest absolute Gasteiger partial charge is 0.319 e. The first-order valence-corrected chi connectivity index (χ1v) is 6.43. The number of aromatic nitrogens is 2.